The van der Waals surface area contributed by atoms with Gasteiger partial charge >= 0.3 is 0 Å². The van der Waals surface area contributed by atoms with Gasteiger partial charge < -0.3 is 15.4 Å². The van der Waals surface area contributed by atoms with E-state index in [0.717, 1.165) is 36.9 Å². The van der Waals surface area contributed by atoms with Gasteiger partial charge in [0.25, 0.3) is 0 Å². The first kappa shape index (κ1) is 15.0. The fourth-order valence-corrected chi connectivity index (χ4v) is 1.79. The zero-order chi connectivity index (χ0) is 13.4. The molecule has 0 aliphatic rings. The van der Waals surface area contributed by atoms with Crippen molar-refractivity contribution in [2.45, 2.75) is 26.8 Å². The normalized spacial score (nSPS) is 12.7. The maximum atomic E-state index is 5.71. The predicted octanol–water partition coefficient (Wildman–Crippen LogP) is 2.50. The number of hydrogen-bond acceptors (Lipinski definition) is 3. The van der Waals surface area contributed by atoms with Crippen molar-refractivity contribution in [2.24, 2.45) is 11.7 Å². The SMILES string of the molecule is CCC(C)CN(C)CCOc1ccc(CN)cc1. The molecule has 0 saturated heterocycles. The lowest BCUT2D eigenvalue weighted by Gasteiger charge is -2.20. The Hall–Kier alpha value is -1.06. The smallest absolute Gasteiger partial charge is 0.119 e. The molecule has 0 fully saturated rings. The third kappa shape index (κ3) is 5.52. The van der Waals surface area contributed by atoms with Gasteiger partial charge in [0, 0.05) is 19.6 Å². The molecule has 1 aromatic carbocycles. The van der Waals surface area contributed by atoms with Crippen molar-refractivity contribution < 1.29 is 4.74 Å². The molecule has 1 atom stereocenters. The molecule has 3 heteroatoms. The molecule has 1 rings (SSSR count). The van der Waals surface area contributed by atoms with E-state index in [1.54, 1.807) is 0 Å². The van der Waals surface area contributed by atoms with Gasteiger partial charge in [-0.15, -0.1) is 0 Å². The molecule has 102 valence electrons. The number of hydrogen-bond donors (Lipinski definition) is 1. The molecule has 1 unspecified atom stereocenters. The van der Waals surface area contributed by atoms with Crippen LogP contribution in [0.2, 0.25) is 0 Å². The molecule has 18 heavy (non-hydrogen) atoms. The monoisotopic (exact) mass is 250 g/mol. The van der Waals surface area contributed by atoms with Crippen molar-refractivity contribution in [3.8, 4) is 5.75 Å². The van der Waals surface area contributed by atoms with E-state index in [-0.39, 0.29) is 0 Å². The van der Waals surface area contributed by atoms with Crippen molar-refractivity contribution >= 4 is 0 Å². The molecule has 0 aromatic heterocycles. The summed E-state index contributed by atoms with van der Waals surface area (Å²) in [4.78, 5) is 2.32. The Bertz CT molecular complexity index is 324. The minimum absolute atomic E-state index is 0.581. The lowest BCUT2D eigenvalue weighted by Crippen LogP contribution is -2.28. The van der Waals surface area contributed by atoms with Gasteiger partial charge in [-0.1, -0.05) is 32.4 Å². The Kier molecular flexibility index (Phi) is 6.76. The summed E-state index contributed by atoms with van der Waals surface area (Å²) >= 11 is 0. The van der Waals surface area contributed by atoms with Gasteiger partial charge in [-0.2, -0.15) is 0 Å². The molecule has 0 bridgehead atoms. The van der Waals surface area contributed by atoms with Crippen LogP contribution in [0.15, 0.2) is 24.3 Å². The maximum absolute atomic E-state index is 5.71. The van der Waals surface area contributed by atoms with E-state index in [9.17, 15) is 0 Å². The summed E-state index contributed by atoms with van der Waals surface area (Å²) in [5.41, 5.74) is 6.69. The molecule has 1 aromatic rings. The van der Waals surface area contributed by atoms with Gasteiger partial charge in [-0.3, -0.25) is 0 Å². The Labute approximate surface area is 111 Å². The van der Waals surface area contributed by atoms with Gasteiger partial charge in [-0.05, 0) is 30.7 Å². The van der Waals surface area contributed by atoms with Gasteiger partial charge in [0.15, 0.2) is 0 Å². The first-order valence-electron chi connectivity index (χ1n) is 6.76. The molecule has 0 amide bonds. The molecule has 0 radical (unpaired) electrons. The van der Waals surface area contributed by atoms with Crippen LogP contribution < -0.4 is 10.5 Å². The minimum atomic E-state index is 0.581. The van der Waals surface area contributed by atoms with Crippen LogP contribution in [0.5, 0.6) is 5.75 Å². The van der Waals surface area contributed by atoms with Crippen LogP contribution in [0.25, 0.3) is 0 Å². The number of nitrogens with zero attached hydrogens (tertiary/aromatic N) is 1. The Balaban J connectivity index is 2.24. The Morgan fingerprint density at radius 3 is 2.50 bits per heavy atom. The van der Waals surface area contributed by atoms with Gasteiger partial charge in [-0.25, -0.2) is 0 Å². The van der Waals surface area contributed by atoms with Crippen LogP contribution in [0.4, 0.5) is 0 Å². The van der Waals surface area contributed by atoms with Crippen molar-refractivity contribution in [1.82, 2.24) is 4.90 Å². The van der Waals surface area contributed by atoms with Crippen LogP contribution >= 0.6 is 0 Å². The Morgan fingerprint density at radius 1 is 1.28 bits per heavy atom. The van der Waals surface area contributed by atoms with E-state index in [0.29, 0.717) is 6.54 Å². The molecule has 0 saturated carbocycles. The fraction of sp³-hybridized carbons (Fsp3) is 0.600. The highest BCUT2D eigenvalue weighted by Crippen LogP contribution is 2.11. The first-order valence-corrected chi connectivity index (χ1v) is 6.76. The largest absolute Gasteiger partial charge is 0.492 e. The summed E-state index contributed by atoms with van der Waals surface area (Å²) in [5, 5.41) is 0. The van der Waals surface area contributed by atoms with E-state index in [1.807, 2.05) is 24.3 Å². The second-order valence-corrected chi connectivity index (χ2v) is 4.97. The summed E-state index contributed by atoms with van der Waals surface area (Å²) in [5.74, 6) is 1.67. The summed E-state index contributed by atoms with van der Waals surface area (Å²) in [6.07, 6.45) is 1.23. The number of nitrogens with two attached hydrogens (primary N) is 1. The van der Waals surface area contributed by atoms with E-state index in [4.69, 9.17) is 10.5 Å². The van der Waals surface area contributed by atoms with E-state index < -0.39 is 0 Å². The van der Waals surface area contributed by atoms with Crippen molar-refractivity contribution in [3.63, 3.8) is 0 Å². The molecule has 2 N–H and O–H groups in total. The number of benzene rings is 1. The van der Waals surface area contributed by atoms with Crippen LogP contribution in [0, 0.1) is 5.92 Å². The van der Waals surface area contributed by atoms with E-state index >= 15 is 0 Å². The lowest BCUT2D eigenvalue weighted by molar-refractivity contribution is 0.217. The number of likely N-dealkylation sites (N-methyl/N-ethyl adjacent to an activating group) is 1. The number of ether oxygens (including phenoxy) is 1. The topological polar surface area (TPSA) is 38.5 Å². The van der Waals surface area contributed by atoms with Crippen molar-refractivity contribution in [2.75, 3.05) is 26.7 Å². The first-order chi connectivity index (χ1) is 8.65. The van der Waals surface area contributed by atoms with Gasteiger partial charge in [0.1, 0.15) is 12.4 Å². The predicted molar refractivity (Wildman–Crippen MR) is 76.8 cm³/mol. The van der Waals surface area contributed by atoms with Gasteiger partial charge in [0.05, 0.1) is 0 Å². The van der Waals surface area contributed by atoms with E-state index in [1.165, 1.54) is 6.42 Å². The minimum Gasteiger partial charge on any atom is -0.492 e. The average molecular weight is 250 g/mol. The second-order valence-electron chi connectivity index (χ2n) is 4.97. The van der Waals surface area contributed by atoms with E-state index in [2.05, 4.69) is 25.8 Å². The summed E-state index contributed by atoms with van der Waals surface area (Å²) in [7, 11) is 2.15. The average Bonchev–Trinajstić information content (AvgIpc) is 2.39. The molecule has 0 heterocycles. The Morgan fingerprint density at radius 2 is 1.94 bits per heavy atom. The zero-order valence-electron chi connectivity index (χ0n) is 11.9. The van der Waals surface area contributed by atoms with Crippen molar-refractivity contribution in [1.29, 1.82) is 0 Å². The van der Waals surface area contributed by atoms with Crippen LogP contribution in [0.1, 0.15) is 25.8 Å². The van der Waals surface area contributed by atoms with Crippen LogP contribution in [-0.4, -0.2) is 31.6 Å². The maximum Gasteiger partial charge on any atom is 0.119 e. The molecule has 0 spiro atoms. The summed E-state index contributed by atoms with van der Waals surface area (Å²) < 4.78 is 5.71. The quantitative estimate of drug-likeness (QED) is 0.770. The second kappa shape index (κ2) is 8.11. The number of rotatable bonds is 8. The third-order valence-electron chi connectivity index (χ3n) is 3.22. The molecular weight excluding hydrogens is 224 g/mol. The molecule has 0 aliphatic carbocycles. The standard InChI is InChI=1S/C15H26N2O/c1-4-13(2)12-17(3)9-10-18-15-7-5-14(11-16)6-8-15/h5-8,13H,4,9-12,16H2,1-3H3. The highest BCUT2D eigenvalue weighted by Gasteiger charge is 2.04. The molecular formula is C15H26N2O. The highest BCUT2D eigenvalue weighted by molar-refractivity contribution is 5.27. The lowest BCUT2D eigenvalue weighted by atomic mass is 10.1. The fourth-order valence-electron chi connectivity index (χ4n) is 1.79. The van der Waals surface area contributed by atoms with Crippen LogP contribution in [-0.2, 0) is 6.54 Å². The van der Waals surface area contributed by atoms with Crippen molar-refractivity contribution in [3.05, 3.63) is 29.8 Å². The van der Waals surface area contributed by atoms with Crippen LogP contribution in [0.3, 0.4) is 0 Å². The zero-order valence-corrected chi connectivity index (χ0v) is 11.9. The molecule has 3 nitrogen and oxygen atoms in total. The van der Waals surface area contributed by atoms with Gasteiger partial charge in [0.2, 0.25) is 0 Å². The molecule has 0 aliphatic heterocycles. The summed E-state index contributed by atoms with van der Waals surface area (Å²) in [6, 6.07) is 7.99. The summed E-state index contributed by atoms with van der Waals surface area (Å²) in [6.45, 7) is 7.92. The highest BCUT2D eigenvalue weighted by atomic mass is 16.5. The third-order valence-corrected chi connectivity index (χ3v) is 3.22.